The minimum atomic E-state index is -0.644. The molecule has 0 radical (unpaired) electrons. The SMILES string of the molecule is Cc1ccc(NC(=O)C(=O)Cc2cc[n+](O)cc2)cc1. The third kappa shape index (κ3) is 3.65. The average molecular weight is 271 g/mol. The zero-order chi connectivity index (χ0) is 14.5. The number of rotatable bonds is 4. The van der Waals surface area contributed by atoms with Crippen LogP contribution in [-0.4, -0.2) is 16.9 Å². The van der Waals surface area contributed by atoms with Crippen LogP contribution in [-0.2, 0) is 16.0 Å². The fourth-order valence-corrected chi connectivity index (χ4v) is 1.67. The molecule has 2 aromatic rings. The number of carbonyl (C=O) groups excluding carboxylic acids is 2. The summed E-state index contributed by atoms with van der Waals surface area (Å²) in [4.78, 5) is 23.5. The normalized spacial score (nSPS) is 10.1. The number of nitrogens with zero attached hydrogens (tertiary/aromatic N) is 1. The second kappa shape index (κ2) is 5.97. The lowest BCUT2D eigenvalue weighted by Crippen LogP contribution is -2.29. The molecule has 1 aromatic carbocycles. The van der Waals surface area contributed by atoms with Gasteiger partial charge in [0, 0.05) is 29.0 Å². The van der Waals surface area contributed by atoms with E-state index < -0.39 is 11.7 Å². The van der Waals surface area contributed by atoms with Crippen molar-refractivity contribution in [3.8, 4) is 0 Å². The second-order valence-electron chi connectivity index (χ2n) is 4.51. The van der Waals surface area contributed by atoms with E-state index in [0.717, 1.165) is 10.3 Å². The van der Waals surface area contributed by atoms with E-state index in [-0.39, 0.29) is 6.42 Å². The highest BCUT2D eigenvalue weighted by molar-refractivity contribution is 6.41. The maximum atomic E-state index is 11.8. The zero-order valence-electron chi connectivity index (χ0n) is 11.0. The first-order valence-corrected chi connectivity index (χ1v) is 6.15. The van der Waals surface area contributed by atoms with Gasteiger partial charge >= 0.3 is 0 Å². The van der Waals surface area contributed by atoms with Crippen LogP contribution in [0, 0.1) is 6.92 Å². The molecule has 0 atom stereocenters. The smallest absolute Gasteiger partial charge is 0.292 e. The van der Waals surface area contributed by atoms with Crippen LogP contribution in [0.1, 0.15) is 11.1 Å². The van der Waals surface area contributed by atoms with Gasteiger partial charge in [0.25, 0.3) is 5.91 Å². The third-order valence-electron chi connectivity index (χ3n) is 2.81. The Hall–Kier alpha value is -2.69. The summed E-state index contributed by atoms with van der Waals surface area (Å²) >= 11 is 0. The number of aryl methyl sites for hydroxylation is 1. The Morgan fingerprint density at radius 1 is 1.10 bits per heavy atom. The van der Waals surface area contributed by atoms with Crippen molar-refractivity contribution in [2.75, 3.05) is 5.32 Å². The Morgan fingerprint density at radius 2 is 1.70 bits per heavy atom. The molecule has 0 aliphatic heterocycles. The summed E-state index contributed by atoms with van der Waals surface area (Å²) in [5.74, 6) is -1.17. The lowest BCUT2D eigenvalue weighted by atomic mass is 10.1. The molecule has 0 spiro atoms. The summed E-state index contributed by atoms with van der Waals surface area (Å²) in [5.41, 5.74) is 2.34. The van der Waals surface area contributed by atoms with Gasteiger partial charge in [0.2, 0.25) is 18.2 Å². The van der Waals surface area contributed by atoms with Crippen LogP contribution >= 0.6 is 0 Å². The standard InChI is InChI=1S/C15H14N2O3/c1-11-2-4-13(5-3-11)16-15(19)14(18)10-12-6-8-17(20)9-7-12/h2-9H,10H2,1H3,(H-,16,19,20)/p+1. The Morgan fingerprint density at radius 3 is 2.30 bits per heavy atom. The van der Waals surface area contributed by atoms with Gasteiger partial charge in [-0.25, -0.2) is 0 Å². The van der Waals surface area contributed by atoms with Crippen molar-refractivity contribution in [1.29, 1.82) is 0 Å². The molecule has 1 heterocycles. The zero-order valence-corrected chi connectivity index (χ0v) is 11.0. The van der Waals surface area contributed by atoms with E-state index in [0.29, 0.717) is 11.3 Å². The quantitative estimate of drug-likeness (QED) is 0.500. The van der Waals surface area contributed by atoms with Gasteiger partial charge in [0.1, 0.15) is 0 Å². The molecule has 0 bridgehead atoms. The molecule has 2 rings (SSSR count). The van der Waals surface area contributed by atoms with Crippen molar-refractivity contribution in [3.05, 3.63) is 59.9 Å². The molecule has 0 aliphatic rings. The molecule has 1 aromatic heterocycles. The lowest BCUT2D eigenvalue weighted by molar-refractivity contribution is -0.904. The highest BCUT2D eigenvalue weighted by atomic mass is 16.5. The Balaban J connectivity index is 1.96. The topological polar surface area (TPSA) is 70.3 Å². The van der Waals surface area contributed by atoms with E-state index in [2.05, 4.69) is 5.32 Å². The largest absolute Gasteiger partial charge is 0.319 e. The molecule has 1 amide bonds. The fourth-order valence-electron chi connectivity index (χ4n) is 1.67. The van der Waals surface area contributed by atoms with Crippen LogP contribution in [0.15, 0.2) is 48.8 Å². The number of hydrogen-bond donors (Lipinski definition) is 2. The molecular formula is C15H15N2O3+. The molecule has 0 saturated heterocycles. The summed E-state index contributed by atoms with van der Waals surface area (Å²) in [6, 6.07) is 10.4. The average Bonchev–Trinajstić information content (AvgIpc) is 2.44. The number of amides is 1. The monoisotopic (exact) mass is 271 g/mol. The molecule has 5 nitrogen and oxygen atoms in total. The summed E-state index contributed by atoms with van der Waals surface area (Å²) in [6.45, 7) is 1.94. The van der Waals surface area contributed by atoms with E-state index in [1.54, 1.807) is 24.3 Å². The van der Waals surface area contributed by atoms with Crippen LogP contribution < -0.4 is 10.0 Å². The number of benzene rings is 1. The minimum absolute atomic E-state index is 0.00145. The van der Waals surface area contributed by atoms with Crippen LogP contribution in [0.25, 0.3) is 0 Å². The number of Topliss-reactive ketones (excluding diaryl/α,β-unsaturated/α-hetero) is 1. The lowest BCUT2D eigenvalue weighted by Gasteiger charge is -2.04. The Kier molecular flexibility index (Phi) is 4.10. The molecule has 102 valence electrons. The predicted molar refractivity (Wildman–Crippen MR) is 72.3 cm³/mol. The third-order valence-corrected chi connectivity index (χ3v) is 2.81. The van der Waals surface area contributed by atoms with E-state index in [9.17, 15) is 9.59 Å². The van der Waals surface area contributed by atoms with Crippen LogP contribution in [0.2, 0.25) is 0 Å². The first kappa shape index (κ1) is 13.7. The van der Waals surface area contributed by atoms with Crippen molar-refractivity contribution in [1.82, 2.24) is 0 Å². The maximum Gasteiger partial charge on any atom is 0.292 e. The molecule has 0 aliphatic carbocycles. The van der Waals surface area contributed by atoms with Crippen molar-refractivity contribution >= 4 is 17.4 Å². The molecule has 0 unspecified atom stereocenters. The van der Waals surface area contributed by atoms with E-state index in [1.807, 2.05) is 19.1 Å². The molecule has 2 N–H and O–H groups in total. The van der Waals surface area contributed by atoms with Gasteiger partial charge < -0.3 is 5.32 Å². The maximum absolute atomic E-state index is 11.8. The van der Waals surface area contributed by atoms with E-state index in [1.165, 1.54) is 12.4 Å². The highest BCUT2D eigenvalue weighted by Gasteiger charge is 2.15. The number of nitrogens with one attached hydrogen (secondary N) is 1. The molecular weight excluding hydrogens is 256 g/mol. The number of pyridine rings is 1. The number of hydrogen-bond acceptors (Lipinski definition) is 3. The molecule has 5 heteroatoms. The van der Waals surface area contributed by atoms with Crippen molar-refractivity contribution in [3.63, 3.8) is 0 Å². The minimum Gasteiger partial charge on any atom is -0.319 e. The van der Waals surface area contributed by atoms with Gasteiger partial charge in [-0.15, -0.1) is 0 Å². The van der Waals surface area contributed by atoms with Gasteiger partial charge in [-0.3, -0.25) is 14.8 Å². The summed E-state index contributed by atoms with van der Waals surface area (Å²) in [7, 11) is 0. The Bertz CT molecular complexity index is 561. The molecule has 0 fully saturated rings. The second-order valence-corrected chi connectivity index (χ2v) is 4.51. The first-order valence-electron chi connectivity index (χ1n) is 6.15. The highest BCUT2D eigenvalue weighted by Crippen LogP contribution is 2.09. The van der Waals surface area contributed by atoms with E-state index in [4.69, 9.17) is 5.21 Å². The Labute approximate surface area is 116 Å². The van der Waals surface area contributed by atoms with Crippen LogP contribution in [0.3, 0.4) is 0 Å². The molecule has 20 heavy (non-hydrogen) atoms. The molecule has 0 saturated carbocycles. The van der Waals surface area contributed by atoms with Crippen molar-refractivity contribution in [2.24, 2.45) is 0 Å². The van der Waals surface area contributed by atoms with Crippen LogP contribution in [0.5, 0.6) is 0 Å². The van der Waals surface area contributed by atoms with Gasteiger partial charge in [-0.2, -0.15) is 0 Å². The van der Waals surface area contributed by atoms with Crippen LogP contribution in [0.4, 0.5) is 5.69 Å². The predicted octanol–water partition coefficient (Wildman–Crippen LogP) is 1.27. The van der Waals surface area contributed by atoms with Crippen molar-refractivity contribution < 1.29 is 19.5 Å². The van der Waals surface area contributed by atoms with Gasteiger partial charge in [0.05, 0.1) is 0 Å². The van der Waals surface area contributed by atoms with Gasteiger partial charge in [-0.05, 0) is 24.6 Å². The number of anilines is 1. The summed E-state index contributed by atoms with van der Waals surface area (Å²) in [6.07, 6.45) is 2.81. The first-order chi connectivity index (χ1) is 9.54. The van der Waals surface area contributed by atoms with Gasteiger partial charge in [-0.1, -0.05) is 17.7 Å². The summed E-state index contributed by atoms with van der Waals surface area (Å²) < 4.78 is 0.875. The fraction of sp³-hybridized carbons (Fsp3) is 0.133. The van der Waals surface area contributed by atoms with Gasteiger partial charge in [0.15, 0.2) is 0 Å². The van der Waals surface area contributed by atoms with Crippen molar-refractivity contribution in [2.45, 2.75) is 13.3 Å². The van der Waals surface area contributed by atoms with E-state index >= 15 is 0 Å². The number of ketones is 1. The number of carbonyl (C=O) groups is 2. The summed E-state index contributed by atoms with van der Waals surface area (Å²) in [5, 5.41) is 11.6. The number of aromatic nitrogens is 1.